The molecule has 2 aromatic rings. The van der Waals surface area contributed by atoms with Crippen LogP contribution in [0.25, 0.3) is 0 Å². The fraction of sp³-hybridized carbons (Fsp3) is 0.118. The van der Waals surface area contributed by atoms with Crippen molar-refractivity contribution in [1.82, 2.24) is 0 Å². The molecule has 0 radical (unpaired) electrons. The largest absolute Gasteiger partial charge is 0.459 e. The monoisotopic (exact) mass is 296 g/mol. The zero-order valence-corrected chi connectivity index (χ0v) is 11.6. The van der Waals surface area contributed by atoms with E-state index in [-0.39, 0.29) is 18.8 Å². The SMILES string of the molecule is O=C(C#CCCOC(=O)c1ccco1)C(=O)c1ccccc1. The molecule has 0 saturated heterocycles. The Morgan fingerprint density at radius 2 is 1.82 bits per heavy atom. The van der Waals surface area contributed by atoms with Crippen LogP contribution in [0.3, 0.4) is 0 Å². The summed E-state index contributed by atoms with van der Waals surface area (Å²) in [6.45, 7) is 0.0132. The molecule has 22 heavy (non-hydrogen) atoms. The van der Waals surface area contributed by atoms with E-state index in [9.17, 15) is 14.4 Å². The lowest BCUT2D eigenvalue weighted by molar-refractivity contribution is -0.110. The first-order valence-corrected chi connectivity index (χ1v) is 6.51. The Balaban J connectivity index is 1.78. The quantitative estimate of drug-likeness (QED) is 0.211. The summed E-state index contributed by atoms with van der Waals surface area (Å²) in [5.41, 5.74) is 0.297. The Morgan fingerprint density at radius 3 is 2.50 bits per heavy atom. The number of Topliss-reactive ketones (excluding diaryl/α,β-unsaturated/α-hetero) is 2. The van der Waals surface area contributed by atoms with Crippen molar-refractivity contribution in [3.8, 4) is 11.8 Å². The van der Waals surface area contributed by atoms with Crippen molar-refractivity contribution >= 4 is 17.5 Å². The molecule has 0 aliphatic heterocycles. The van der Waals surface area contributed by atoms with Gasteiger partial charge in [-0.2, -0.15) is 0 Å². The molecule has 0 N–H and O–H groups in total. The minimum Gasteiger partial charge on any atom is -0.459 e. The van der Waals surface area contributed by atoms with Crippen molar-refractivity contribution in [2.24, 2.45) is 0 Å². The number of benzene rings is 1. The molecule has 0 amide bonds. The smallest absolute Gasteiger partial charge is 0.374 e. The van der Waals surface area contributed by atoms with E-state index in [0.29, 0.717) is 5.56 Å². The number of ketones is 2. The summed E-state index contributed by atoms with van der Waals surface area (Å²) in [4.78, 5) is 34.7. The van der Waals surface area contributed by atoms with Crippen LogP contribution in [0.15, 0.2) is 53.1 Å². The highest BCUT2D eigenvalue weighted by Crippen LogP contribution is 2.02. The van der Waals surface area contributed by atoms with Crippen LogP contribution in [-0.2, 0) is 9.53 Å². The summed E-state index contributed by atoms with van der Waals surface area (Å²) in [6.07, 6.45) is 1.52. The molecular weight excluding hydrogens is 284 g/mol. The topological polar surface area (TPSA) is 73.6 Å². The molecule has 0 aliphatic rings. The minimum absolute atomic E-state index is 0.0132. The predicted octanol–water partition coefficient (Wildman–Crippen LogP) is 2.28. The maximum absolute atomic E-state index is 11.7. The molecule has 5 nitrogen and oxygen atoms in total. The van der Waals surface area contributed by atoms with Crippen LogP contribution >= 0.6 is 0 Å². The summed E-state index contributed by atoms with van der Waals surface area (Å²) >= 11 is 0. The molecule has 0 spiro atoms. The second-order valence-electron chi connectivity index (χ2n) is 4.19. The Labute approximate surface area is 126 Å². The Morgan fingerprint density at radius 1 is 1.05 bits per heavy atom. The number of furan rings is 1. The van der Waals surface area contributed by atoms with Gasteiger partial charge < -0.3 is 9.15 Å². The Hall–Kier alpha value is -3.13. The Bertz CT molecular complexity index is 717. The van der Waals surface area contributed by atoms with Crippen molar-refractivity contribution in [3.63, 3.8) is 0 Å². The molecule has 0 unspecified atom stereocenters. The number of rotatable bonds is 5. The number of hydrogen-bond acceptors (Lipinski definition) is 5. The van der Waals surface area contributed by atoms with E-state index < -0.39 is 17.5 Å². The maximum atomic E-state index is 11.7. The van der Waals surface area contributed by atoms with Gasteiger partial charge >= 0.3 is 5.97 Å². The number of carbonyl (C=O) groups excluding carboxylic acids is 3. The van der Waals surface area contributed by atoms with Crippen LogP contribution < -0.4 is 0 Å². The molecule has 110 valence electrons. The summed E-state index contributed by atoms with van der Waals surface area (Å²) in [7, 11) is 0. The third-order valence-corrected chi connectivity index (χ3v) is 2.63. The molecule has 5 heteroatoms. The van der Waals surface area contributed by atoms with Gasteiger partial charge in [-0.15, -0.1) is 0 Å². The van der Waals surface area contributed by atoms with E-state index in [2.05, 4.69) is 11.8 Å². The van der Waals surface area contributed by atoms with E-state index in [1.807, 2.05) is 0 Å². The van der Waals surface area contributed by atoms with Gasteiger partial charge in [0.05, 0.1) is 6.26 Å². The standard InChI is InChI=1S/C17H12O5/c18-14(16(19)13-7-2-1-3-8-13)9-4-5-11-22-17(20)15-10-6-12-21-15/h1-3,6-8,10,12H,5,11H2. The van der Waals surface area contributed by atoms with Crippen molar-refractivity contribution in [2.45, 2.75) is 6.42 Å². The van der Waals surface area contributed by atoms with E-state index in [4.69, 9.17) is 9.15 Å². The van der Waals surface area contributed by atoms with Gasteiger partial charge in [0.15, 0.2) is 0 Å². The van der Waals surface area contributed by atoms with Gasteiger partial charge in [0.1, 0.15) is 6.61 Å². The average molecular weight is 296 g/mol. The van der Waals surface area contributed by atoms with Crippen LogP contribution in [0.1, 0.15) is 27.3 Å². The molecule has 1 aromatic heterocycles. The second kappa shape index (κ2) is 7.60. The van der Waals surface area contributed by atoms with E-state index in [1.54, 1.807) is 36.4 Å². The van der Waals surface area contributed by atoms with Crippen molar-refractivity contribution in [2.75, 3.05) is 6.61 Å². The predicted molar refractivity (Wildman–Crippen MR) is 77.2 cm³/mol. The van der Waals surface area contributed by atoms with Gasteiger partial charge in [-0.1, -0.05) is 36.3 Å². The first-order valence-electron chi connectivity index (χ1n) is 6.51. The number of ether oxygens (including phenoxy) is 1. The number of hydrogen-bond donors (Lipinski definition) is 0. The average Bonchev–Trinajstić information content (AvgIpc) is 3.09. The fourth-order valence-corrected chi connectivity index (χ4v) is 1.58. The summed E-state index contributed by atoms with van der Waals surface area (Å²) in [5, 5.41) is 0. The number of carbonyl (C=O) groups is 3. The van der Waals surface area contributed by atoms with Gasteiger partial charge in [0.2, 0.25) is 11.5 Å². The van der Waals surface area contributed by atoms with Gasteiger partial charge in [-0.05, 0) is 18.1 Å². The second-order valence-corrected chi connectivity index (χ2v) is 4.19. The zero-order valence-electron chi connectivity index (χ0n) is 11.6. The minimum atomic E-state index is -0.788. The van der Waals surface area contributed by atoms with Gasteiger partial charge in [0.25, 0.3) is 5.78 Å². The van der Waals surface area contributed by atoms with Crippen molar-refractivity contribution in [1.29, 1.82) is 0 Å². The maximum Gasteiger partial charge on any atom is 0.374 e. The van der Waals surface area contributed by atoms with Crippen LogP contribution in [-0.4, -0.2) is 24.1 Å². The molecule has 0 atom stereocenters. The van der Waals surface area contributed by atoms with E-state index >= 15 is 0 Å². The van der Waals surface area contributed by atoms with Gasteiger partial charge in [0, 0.05) is 12.0 Å². The molecule has 0 bridgehead atoms. The highest BCUT2D eigenvalue weighted by atomic mass is 16.5. The number of esters is 1. The molecular formula is C17H12O5. The normalized spacial score (nSPS) is 9.45. The molecule has 1 heterocycles. The fourth-order valence-electron chi connectivity index (χ4n) is 1.58. The summed E-state index contributed by atoms with van der Waals surface area (Å²) < 4.78 is 9.74. The molecule has 0 fully saturated rings. The van der Waals surface area contributed by atoms with Crippen LogP contribution in [0.4, 0.5) is 0 Å². The van der Waals surface area contributed by atoms with Gasteiger partial charge in [-0.3, -0.25) is 9.59 Å². The molecule has 1 aromatic carbocycles. The van der Waals surface area contributed by atoms with Crippen LogP contribution in [0.5, 0.6) is 0 Å². The first kappa shape index (κ1) is 15.3. The highest BCUT2D eigenvalue weighted by Gasteiger charge is 2.13. The van der Waals surface area contributed by atoms with E-state index in [1.165, 1.54) is 12.3 Å². The lowest BCUT2D eigenvalue weighted by atomic mass is 10.1. The molecule has 2 rings (SSSR count). The Kier molecular flexibility index (Phi) is 5.27. The lowest BCUT2D eigenvalue weighted by Crippen LogP contribution is -2.11. The zero-order chi connectivity index (χ0) is 15.8. The van der Waals surface area contributed by atoms with Crippen LogP contribution in [0, 0.1) is 11.8 Å². The lowest BCUT2D eigenvalue weighted by Gasteiger charge is -1.98. The third kappa shape index (κ3) is 4.18. The van der Waals surface area contributed by atoms with Gasteiger partial charge in [-0.25, -0.2) is 4.79 Å². The molecule has 0 saturated carbocycles. The molecule has 0 aliphatic carbocycles. The first-order chi connectivity index (χ1) is 10.7. The summed E-state index contributed by atoms with van der Waals surface area (Å²) in [5.74, 6) is 2.81. The summed E-state index contributed by atoms with van der Waals surface area (Å²) in [6, 6.07) is 11.2. The highest BCUT2D eigenvalue weighted by molar-refractivity contribution is 6.49. The van der Waals surface area contributed by atoms with Crippen LogP contribution in [0.2, 0.25) is 0 Å². The van der Waals surface area contributed by atoms with Crippen molar-refractivity contribution in [3.05, 3.63) is 60.1 Å². The van der Waals surface area contributed by atoms with Crippen molar-refractivity contribution < 1.29 is 23.5 Å². The van der Waals surface area contributed by atoms with E-state index in [0.717, 1.165) is 0 Å². The third-order valence-electron chi connectivity index (χ3n) is 2.63.